The maximum absolute atomic E-state index is 13.3. The summed E-state index contributed by atoms with van der Waals surface area (Å²) in [7, 11) is 1.33. The lowest BCUT2D eigenvalue weighted by Crippen LogP contribution is -2.04. The van der Waals surface area contributed by atoms with Crippen LogP contribution in [-0.2, 0) is 4.74 Å². The molecule has 27 heavy (non-hydrogen) atoms. The van der Waals surface area contributed by atoms with Crippen molar-refractivity contribution in [3.63, 3.8) is 0 Å². The van der Waals surface area contributed by atoms with E-state index >= 15 is 0 Å². The molecule has 1 aromatic heterocycles. The Labute approximate surface area is 160 Å². The Kier molecular flexibility index (Phi) is 5.52. The number of aromatic nitrogens is 2. The highest BCUT2D eigenvalue weighted by Gasteiger charge is 2.08. The van der Waals surface area contributed by atoms with Crippen molar-refractivity contribution >= 4 is 40.6 Å². The van der Waals surface area contributed by atoms with Gasteiger partial charge in [-0.1, -0.05) is 17.7 Å². The van der Waals surface area contributed by atoms with Gasteiger partial charge >= 0.3 is 5.97 Å². The van der Waals surface area contributed by atoms with Crippen LogP contribution in [-0.4, -0.2) is 23.0 Å². The average molecular weight is 387 g/mol. The van der Waals surface area contributed by atoms with Crippen molar-refractivity contribution in [2.75, 3.05) is 17.7 Å². The van der Waals surface area contributed by atoms with Crippen LogP contribution in [0.15, 0.2) is 48.5 Å². The van der Waals surface area contributed by atoms with Crippen molar-refractivity contribution in [1.29, 1.82) is 0 Å². The lowest BCUT2D eigenvalue weighted by molar-refractivity contribution is 0.0601. The minimum Gasteiger partial charge on any atom is -0.465 e. The summed E-state index contributed by atoms with van der Waals surface area (Å²) in [5, 5.41) is 6.20. The smallest absolute Gasteiger partial charge is 0.337 e. The van der Waals surface area contributed by atoms with E-state index in [4.69, 9.17) is 16.3 Å². The third-order valence-electron chi connectivity index (χ3n) is 3.59. The SMILES string of the molecule is COC(=O)c1cccc(Nc2cc(Nc3ccc(F)c(Cl)c3)nc(C)n2)c1. The molecule has 0 aliphatic heterocycles. The van der Waals surface area contributed by atoms with Crippen molar-refractivity contribution in [2.24, 2.45) is 0 Å². The standard InChI is InChI=1S/C19H16ClFN4O2/c1-11-22-17(24-13-5-3-4-12(8-13)19(26)27-2)10-18(23-11)25-14-6-7-16(21)15(20)9-14/h3-10H,1-2H3,(H2,22,23,24,25). The quantitative estimate of drug-likeness (QED) is 0.610. The van der Waals surface area contributed by atoms with E-state index in [1.165, 1.54) is 19.2 Å². The molecule has 0 fully saturated rings. The highest BCUT2D eigenvalue weighted by molar-refractivity contribution is 6.31. The molecule has 6 nitrogen and oxygen atoms in total. The molecule has 0 radical (unpaired) electrons. The predicted octanol–water partition coefficient (Wildman–Crippen LogP) is 4.85. The fraction of sp³-hybridized carbons (Fsp3) is 0.105. The van der Waals surface area contributed by atoms with Crippen LogP contribution in [0.2, 0.25) is 5.02 Å². The van der Waals surface area contributed by atoms with Crippen LogP contribution in [0.3, 0.4) is 0 Å². The highest BCUT2D eigenvalue weighted by Crippen LogP contribution is 2.24. The van der Waals surface area contributed by atoms with Crippen molar-refractivity contribution in [2.45, 2.75) is 6.92 Å². The molecule has 1 heterocycles. The van der Waals surface area contributed by atoms with Crippen LogP contribution in [0.1, 0.15) is 16.2 Å². The molecule has 0 spiro atoms. The summed E-state index contributed by atoms with van der Waals surface area (Å²) in [4.78, 5) is 20.3. The number of methoxy groups -OCH3 is 1. The topological polar surface area (TPSA) is 76.1 Å². The normalized spacial score (nSPS) is 10.4. The Morgan fingerprint density at radius 3 is 2.33 bits per heavy atom. The predicted molar refractivity (Wildman–Crippen MR) is 103 cm³/mol. The largest absolute Gasteiger partial charge is 0.465 e. The number of benzene rings is 2. The molecule has 138 valence electrons. The fourth-order valence-electron chi connectivity index (χ4n) is 2.41. The number of rotatable bonds is 5. The van der Waals surface area contributed by atoms with Crippen molar-refractivity contribution in [3.05, 3.63) is 70.8 Å². The van der Waals surface area contributed by atoms with Crippen LogP contribution < -0.4 is 10.6 Å². The molecule has 0 atom stereocenters. The summed E-state index contributed by atoms with van der Waals surface area (Å²) in [5.41, 5.74) is 1.69. The van der Waals surface area contributed by atoms with E-state index in [1.807, 2.05) is 0 Å². The summed E-state index contributed by atoms with van der Waals surface area (Å²) in [6, 6.07) is 12.9. The van der Waals surface area contributed by atoms with E-state index in [1.54, 1.807) is 43.3 Å². The molecule has 0 amide bonds. The zero-order chi connectivity index (χ0) is 19.4. The number of aryl methyl sites for hydroxylation is 1. The summed E-state index contributed by atoms with van der Waals surface area (Å²) >= 11 is 5.80. The van der Waals surface area contributed by atoms with Gasteiger partial charge in [-0.25, -0.2) is 19.2 Å². The summed E-state index contributed by atoms with van der Waals surface area (Å²) in [5.74, 6) is 0.652. The summed E-state index contributed by atoms with van der Waals surface area (Å²) in [6.45, 7) is 1.75. The third-order valence-corrected chi connectivity index (χ3v) is 3.88. The number of nitrogens with one attached hydrogen (secondary N) is 2. The van der Waals surface area contributed by atoms with Gasteiger partial charge in [0.05, 0.1) is 17.7 Å². The number of ether oxygens (including phenoxy) is 1. The molecular formula is C19H16ClFN4O2. The number of anilines is 4. The minimum atomic E-state index is -0.492. The summed E-state index contributed by atoms with van der Waals surface area (Å²) in [6.07, 6.45) is 0. The molecular weight excluding hydrogens is 371 g/mol. The van der Waals surface area contributed by atoms with Crippen LogP contribution in [0.25, 0.3) is 0 Å². The Hall–Kier alpha value is -3.19. The number of hydrogen-bond acceptors (Lipinski definition) is 6. The van der Waals surface area contributed by atoms with Gasteiger partial charge in [0.1, 0.15) is 23.3 Å². The number of halogens is 2. The lowest BCUT2D eigenvalue weighted by atomic mass is 10.2. The molecule has 3 rings (SSSR count). The van der Waals surface area contributed by atoms with Crippen LogP contribution in [0.4, 0.5) is 27.4 Å². The van der Waals surface area contributed by atoms with Gasteiger partial charge in [-0.05, 0) is 43.3 Å². The first kappa shape index (κ1) is 18.6. The maximum Gasteiger partial charge on any atom is 0.337 e. The zero-order valence-electron chi connectivity index (χ0n) is 14.6. The summed E-state index contributed by atoms with van der Waals surface area (Å²) < 4.78 is 18.0. The lowest BCUT2D eigenvalue weighted by Gasteiger charge is -2.11. The molecule has 2 N–H and O–H groups in total. The van der Waals surface area contributed by atoms with Gasteiger partial charge in [-0.15, -0.1) is 0 Å². The van der Waals surface area contributed by atoms with Crippen molar-refractivity contribution < 1.29 is 13.9 Å². The van der Waals surface area contributed by atoms with Gasteiger partial charge < -0.3 is 15.4 Å². The third kappa shape index (κ3) is 4.71. The van der Waals surface area contributed by atoms with E-state index in [9.17, 15) is 9.18 Å². The molecule has 0 saturated heterocycles. The number of hydrogen-bond donors (Lipinski definition) is 2. The molecule has 0 aliphatic carbocycles. The van der Waals surface area contributed by atoms with E-state index in [-0.39, 0.29) is 5.02 Å². The van der Waals surface area contributed by atoms with Gasteiger partial charge in [0.2, 0.25) is 0 Å². The molecule has 0 saturated carbocycles. The molecule has 0 aliphatic rings. The van der Waals surface area contributed by atoms with Gasteiger partial charge in [0.15, 0.2) is 0 Å². The first-order valence-corrected chi connectivity index (χ1v) is 8.35. The number of carbonyl (C=O) groups is 1. The molecule has 8 heteroatoms. The van der Waals surface area contributed by atoms with Crippen LogP contribution in [0.5, 0.6) is 0 Å². The van der Waals surface area contributed by atoms with Gasteiger partial charge in [-0.3, -0.25) is 0 Å². The van der Waals surface area contributed by atoms with Crippen molar-refractivity contribution in [1.82, 2.24) is 9.97 Å². The van der Waals surface area contributed by atoms with E-state index in [2.05, 4.69) is 20.6 Å². The van der Waals surface area contributed by atoms with Gasteiger partial charge in [0, 0.05) is 17.4 Å². The monoisotopic (exact) mass is 386 g/mol. The second-order valence-electron chi connectivity index (χ2n) is 5.64. The first-order valence-electron chi connectivity index (χ1n) is 7.98. The van der Waals surface area contributed by atoms with E-state index in [0.29, 0.717) is 34.4 Å². The first-order chi connectivity index (χ1) is 12.9. The van der Waals surface area contributed by atoms with Gasteiger partial charge in [-0.2, -0.15) is 0 Å². The van der Waals surface area contributed by atoms with Crippen LogP contribution >= 0.6 is 11.6 Å². The molecule has 0 bridgehead atoms. The molecule has 0 unspecified atom stereocenters. The van der Waals surface area contributed by atoms with Crippen molar-refractivity contribution in [3.8, 4) is 0 Å². The second-order valence-corrected chi connectivity index (χ2v) is 6.04. The molecule has 3 aromatic rings. The zero-order valence-corrected chi connectivity index (χ0v) is 15.3. The van der Waals surface area contributed by atoms with Gasteiger partial charge in [0.25, 0.3) is 0 Å². The van der Waals surface area contributed by atoms with E-state index < -0.39 is 11.8 Å². The Morgan fingerprint density at radius 1 is 1.04 bits per heavy atom. The number of esters is 1. The Morgan fingerprint density at radius 2 is 1.70 bits per heavy atom. The number of nitrogens with zero attached hydrogens (tertiary/aromatic N) is 2. The average Bonchev–Trinajstić information content (AvgIpc) is 2.64. The Bertz CT molecular complexity index is 997. The second kappa shape index (κ2) is 8.01. The highest BCUT2D eigenvalue weighted by atomic mass is 35.5. The minimum absolute atomic E-state index is 0.0174. The maximum atomic E-state index is 13.3. The fourth-order valence-corrected chi connectivity index (χ4v) is 2.59. The molecule has 2 aromatic carbocycles. The van der Waals surface area contributed by atoms with Crippen LogP contribution in [0, 0.1) is 12.7 Å². The Balaban J connectivity index is 1.83. The number of carbonyl (C=O) groups excluding carboxylic acids is 1. The van der Waals surface area contributed by atoms with E-state index in [0.717, 1.165) is 0 Å².